The standard InChI is InChI=1S/C32H39N3O2S2/c1-5-8-13-24(7-3)21-34-31(36)29(39-32(34)38)20-26-22-35(27-14-11-10-12-15-27)33-30(26)25-16-17-28(23(4)19-25)37-18-9-6-2/h10-12,14-17,19-20,22,24H,5-9,13,18,21H2,1-4H3/b29-20-/t24-/m1/s1. The number of carbonyl (C=O) groups excluding carboxylic acids is 1. The van der Waals surface area contributed by atoms with Crippen LogP contribution < -0.4 is 4.74 Å². The van der Waals surface area contributed by atoms with Crippen LogP contribution in [0.4, 0.5) is 0 Å². The molecule has 1 saturated heterocycles. The van der Waals surface area contributed by atoms with Crippen LogP contribution in [-0.4, -0.2) is 38.1 Å². The van der Waals surface area contributed by atoms with Gasteiger partial charge in [-0.25, -0.2) is 4.68 Å². The molecule has 2 aromatic carbocycles. The zero-order valence-electron chi connectivity index (χ0n) is 23.5. The molecule has 0 unspecified atom stereocenters. The zero-order chi connectivity index (χ0) is 27.8. The first-order chi connectivity index (χ1) is 18.9. The molecule has 0 radical (unpaired) electrons. The second-order valence-corrected chi connectivity index (χ2v) is 11.8. The minimum atomic E-state index is -0.00536. The van der Waals surface area contributed by atoms with E-state index in [0.29, 0.717) is 28.3 Å². The highest BCUT2D eigenvalue weighted by atomic mass is 32.2. The summed E-state index contributed by atoms with van der Waals surface area (Å²) in [4.78, 5) is 15.9. The Labute approximate surface area is 242 Å². The Balaban J connectivity index is 1.67. The number of aromatic nitrogens is 2. The number of amides is 1. The lowest BCUT2D eigenvalue weighted by Gasteiger charge is -2.21. The number of nitrogens with zero attached hydrogens (tertiary/aromatic N) is 3. The van der Waals surface area contributed by atoms with Crippen molar-refractivity contribution in [1.82, 2.24) is 14.7 Å². The van der Waals surface area contributed by atoms with E-state index >= 15 is 0 Å². The molecule has 1 atom stereocenters. The van der Waals surface area contributed by atoms with Gasteiger partial charge in [0.2, 0.25) is 0 Å². The SMILES string of the molecule is CCCCOc1ccc(-c2nn(-c3ccccc3)cc2/C=C2\SC(=S)N(C[C@H](CC)CCCC)C2=O)cc1C. The number of rotatable bonds is 13. The Hall–Kier alpha value is -2.90. The number of thioether (sulfide) groups is 1. The van der Waals surface area contributed by atoms with Crippen molar-refractivity contribution in [2.75, 3.05) is 13.2 Å². The lowest BCUT2D eigenvalue weighted by Crippen LogP contribution is -2.33. The second-order valence-electron chi connectivity index (χ2n) is 10.1. The maximum absolute atomic E-state index is 13.5. The lowest BCUT2D eigenvalue weighted by molar-refractivity contribution is -0.122. The molecule has 1 aliphatic rings. The fourth-order valence-corrected chi connectivity index (χ4v) is 5.96. The molecule has 39 heavy (non-hydrogen) atoms. The molecule has 5 nitrogen and oxygen atoms in total. The van der Waals surface area contributed by atoms with E-state index in [9.17, 15) is 4.79 Å². The van der Waals surface area contributed by atoms with Gasteiger partial charge in [-0.1, -0.05) is 88.6 Å². The normalized spacial score (nSPS) is 15.4. The number of benzene rings is 2. The Kier molecular flexibility index (Phi) is 10.4. The van der Waals surface area contributed by atoms with Gasteiger partial charge in [0.25, 0.3) is 5.91 Å². The summed E-state index contributed by atoms with van der Waals surface area (Å²) in [5.41, 5.74) is 4.72. The molecule has 0 saturated carbocycles. The van der Waals surface area contributed by atoms with E-state index in [1.807, 2.05) is 59.4 Å². The van der Waals surface area contributed by atoms with E-state index in [1.54, 1.807) is 4.90 Å². The first-order valence-electron chi connectivity index (χ1n) is 14.1. The summed E-state index contributed by atoms with van der Waals surface area (Å²) in [6.07, 6.45) is 10.6. The summed E-state index contributed by atoms with van der Waals surface area (Å²) >= 11 is 7.06. The molecule has 1 fully saturated rings. The highest BCUT2D eigenvalue weighted by Crippen LogP contribution is 2.36. The minimum absolute atomic E-state index is 0.00536. The molecule has 3 aromatic rings. The number of aryl methyl sites for hydroxylation is 1. The molecule has 1 amide bonds. The summed E-state index contributed by atoms with van der Waals surface area (Å²) in [5, 5.41) is 4.96. The van der Waals surface area contributed by atoms with Crippen molar-refractivity contribution in [2.45, 2.75) is 66.2 Å². The summed E-state index contributed by atoms with van der Waals surface area (Å²) in [6.45, 7) is 10.0. The van der Waals surface area contributed by atoms with Crippen molar-refractivity contribution >= 4 is 40.3 Å². The van der Waals surface area contributed by atoms with Crippen LogP contribution in [0.2, 0.25) is 0 Å². The third-order valence-corrected chi connectivity index (χ3v) is 8.49. The van der Waals surface area contributed by atoms with Crippen LogP contribution in [0.3, 0.4) is 0 Å². The number of ether oxygens (including phenoxy) is 1. The average Bonchev–Trinajstić information content (AvgIpc) is 3.48. The maximum Gasteiger partial charge on any atom is 0.266 e. The molecule has 0 N–H and O–H groups in total. The van der Waals surface area contributed by atoms with Gasteiger partial charge in [-0.15, -0.1) is 0 Å². The van der Waals surface area contributed by atoms with Crippen LogP contribution in [0.15, 0.2) is 59.6 Å². The summed E-state index contributed by atoms with van der Waals surface area (Å²) in [5.74, 6) is 1.35. The van der Waals surface area contributed by atoms with E-state index in [0.717, 1.165) is 65.9 Å². The van der Waals surface area contributed by atoms with Crippen LogP contribution in [0.1, 0.15) is 70.4 Å². The number of thiocarbonyl (C=S) groups is 1. The molecule has 0 bridgehead atoms. The molecule has 0 aliphatic carbocycles. The molecule has 1 aromatic heterocycles. The van der Waals surface area contributed by atoms with E-state index in [1.165, 1.54) is 18.2 Å². The quantitative estimate of drug-likeness (QED) is 0.119. The number of unbranched alkanes of at least 4 members (excludes halogenated alkanes) is 2. The predicted molar refractivity (Wildman–Crippen MR) is 167 cm³/mol. The van der Waals surface area contributed by atoms with Gasteiger partial charge in [0.1, 0.15) is 15.8 Å². The van der Waals surface area contributed by atoms with Gasteiger partial charge in [0.15, 0.2) is 0 Å². The molecule has 4 rings (SSSR count). The first-order valence-corrected chi connectivity index (χ1v) is 15.3. The van der Waals surface area contributed by atoms with Crippen LogP contribution in [0, 0.1) is 12.8 Å². The van der Waals surface area contributed by atoms with Gasteiger partial charge in [0, 0.05) is 23.9 Å². The van der Waals surface area contributed by atoms with Gasteiger partial charge in [-0.2, -0.15) is 5.10 Å². The second kappa shape index (κ2) is 13.9. The van der Waals surface area contributed by atoms with Crippen molar-refractivity contribution in [3.05, 3.63) is 70.8 Å². The van der Waals surface area contributed by atoms with E-state index in [-0.39, 0.29) is 5.91 Å². The summed E-state index contributed by atoms with van der Waals surface area (Å²) in [7, 11) is 0. The molecular weight excluding hydrogens is 523 g/mol. The minimum Gasteiger partial charge on any atom is -0.493 e. The van der Waals surface area contributed by atoms with Crippen LogP contribution >= 0.6 is 24.0 Å². The lowest BCUT2D eigenvalue weighted by atomic mass is 9.99. The topological polar surface area (TPSA) is 47.4 Å². The van der Waals surface area contributed by atoms with Crippen LogP contribution in [-0.2, 0) is 4.79 Å². The van der Waals surface area contributed by atoms with Gasteiger partial charge >= 0.3 is 0 Å². The highest BCUT2D eigenvalue weighted by molar-refractivity contribution is 8.26. The number of hydrogen-bond acceptors (Lipinski definition) is 5. The van der Waals surface area contributed by atoms with Crippen molar-refractivity contribution in [1.29, 1.82) is 0 Å². The maximum atomic E-state index is 13.5. The number of hydrogen-bond donors (Lipinski definition) is 0. The Bertz CT molecular complexity index is 1320. The smallest absolute Gasteiger partial charge is 0.266 e. The molecular formula is C32H39N3O2S2. The first kappa shape index (κ1) is 29.1. The number of carbonyl (C=O) groups is 1. The molecule has 1 aliphatic heterocycles. The van der Waals surface area contributed by atoms with Gasteiger partial charge in [-0.05, 0) is 67.7 Å². The predicted octanol–water partition coefficient (Wildman–Crippen LogP) is 8.44. The van der Waals surface area contributed by atoms with E-state index in [2.05, 4.69) is 33.8 Å². The molecule has 0 spiro atoms. The largest absolute Gasteiger partial charge is 0.493 e. The number of para-hydroxylation sites is 1. The molecule has 206 valence electrons. The zero-order valence-corrected chi connectivity index (χ0v) is 25.1. The summed E-state index contributed by atoms with van der Waals surface area (Å²) in [6, 6.07) is 16.2. The fourth-order valence-electron chi connectivity index (χ4n) is 4.69. The third kappa shape index (κ3) is 7.20. The highest BCUT2D eigenvalue weighted by Gasteiger charge is 2.33. The van der Waals surface area contributed by atoms with Gasteiger partial charge < -0.3 is 4.74 Å². The Morgan fingerprint density at radius 2 is 1.85 bits per heavy atom. The fraction of sp³-hybridized carbons (Fsp3) is 0.406. The van der Waals surface area contributed by atoms with Crippen LogP contribution in [0.5, 0.6) is 5.75 Å². The summed E-state index contributed by atoms with van der Waals surface area (Å²) < 4.78 is 8.50. The van der Waals surface area contributed by atoms with Gasteiger partial charge in [0.05, 0.1) is 17.2 Å². The van der Waals surface area contributed by atoms with Crippen molar-refractivity contribution in [3.8, 4) is 22.7 Å². The van der Waals surface area contributed by atoms with E-state index < -0.39 is 0 Å². The van der Waals surface area contributed by atoms with Gasteiger partial charge in [-0.3, -0.25) is 9.69 Å². The van der Waals surface area contributed by atoms with Crippen LogP contribution in [0.25, 0.3) is 23.0 Å². The van der Waals surface area contributed by atoms with Crippen molar-refractivity contribution in [3.63, 3.8) is 0 Å². The Morgan fingerprint density at radius 1 is 1.08 bits per heavy atom. The third-order valence-electron chi connectivity index (χ3n) is 7.11. The average molecular weight is 562 g/mol. The van der Waals surface area contributed by atoms with E-state index in [4.69, 9.17) is 22.1 Å². The molecule has 7 heteroatoms. The van der Waals surface area contributed by atoms with Crippen molar-refractivity contribution in [2.24, 2.45) is 5.92 Å². The monoisotopic (exact) mass is 561 g/mol. The molecule has 2 heterocycles. The Morgan fingerprint density at radius 3 is 2.54 bits per heavy atom. The van der Waals surface area contributed by atoms with Crippen molar-refractivity contribution < 1.29 is 9.53 Å².